The van der Waals surface area contributed by atoms with E-state index in [1.54, 1.807) is 6.20 Å². The molecule has 422 valence electrons. The molecule has 28 heteroatoms. The van der Waals surface area contributed by atoms with E-state index in [1.807, 2.05) is 47.3 Å². The third kappa shape index (κ3) is 15.3. The molecule has 5 aromatic carbocycles. The molecule has 0 atom stereocenters. The van der Waals surface area contributed by atoms with E-state index in [2.05, 4.69) is 11.9 Å². The van der Waals surface area contributed by atoms with Gasteiger partial charge in [-0.1, -0.05) is 105 Å². The standard InChI is InChI=1S/C32H12BF24.C18H23N2O/c34-25(35,36)13-1-14(26(37,38)39)6-21(5-13)33(22-7-15(27(40,41)42)2-16(8-22)28(43,44)45,23-9-17(29(46,47)48)3-18(10-23)30(49,50)51)24-11-19(31(52,53)54)4-20(12-24)32(55,56)57;1-2-3-4-8-11-17-14-20(13-12-19-17)15-18(21)16-9-6-5-7-10-16/h1-12H;5-7,9-10,12-14H,2-4,8,11,15H2,1H3/q-1;+1. The third-order valence-corrected chi connectivity index (χ3v) is 12.0. The van der Waals surface area contributed by atoms with E-state index in [1.165, 1.54) is 19.3 Å². The molecule has 78 heavy (non-hydrogen) atoms. The molecule has 0 aliphatic heterocycles. The van der Waals surface area contributed by atoms with Gasteiger partial charge in [-0.05, 0) is 37.1 Å². The summed E-state index contributed by atoms with van der Waals surface area (Å²) in [4.78, 5) is 16.6. The van der Waals surface area contributed by atoms with Gasteiger partial charge >= 0.3 is 49.4 Å². The van der Waals surface area contributed by atoms with Gasteiger partial charge in [-0.3, -0.25) is 4.79 Å². The van der Waals surface area contributed by atoms with Gasteiger partial charge in [-0.2, -0.15) is 132 Å². The Balaban J connectivity index is 0.000000443. The van der Waals surface area contributed by atoms with Crippen molar-refractivity contribution in [3.05, 3.63) is 177 Å². The molecular weight excluding hydrogens is 1110 g/mol. The van der Waals surface area contributed by atoms with Crippen LogP contribution < -0.4 is 26.4 Å². The minimum Gasteiger partial charge on any atom is -0.287 e. The lowest BCUT2D eigenvalue weighted by molar-refractivity contribution is -0.684. The van der Waals surface area contributed by atoms with E-state index in [4.69, 9.17) is 0 Å². The van der Waals surface area contributed by atoms with Crippen molar-refractivity contribution in [3.8, 4) is 0 Å². The van der Waals surface area contributed by atoms with Gasteiger partial charge in [0.2, 0.25) is 12.3 Å². The molecule has 0 saturated carbocycles. The van der Waals surface area contributed by atoms with Crippen molar-refractivity contribution in [1.29, 1.82) is 0 Å². The molecule has 0 amide bonds. The zero-order valence-corrected chi connectivity index (χ0v) is 39.2. The predicted molar refractivity (Wildman–Crippen MR) is 233 cm³/mol. The average molecular weight is 1150 g/mol. The molecule has 0 aliphatic rings. The van der Waals surface area contributed by atoms with Crippen LogP contribution in [0.5, 0.6) is 0 Å². The number of carbonyl (C=O) groups excluding carboxylic acids is 1. The van der Waals surface area contributed by atoms with Crippen LogP contribution >= 0.6 is 0 Å². The van der Waals surface area contributed by atoms with Crippen molar-refractivity contribution in [2.24, 2.45) is 0 Å². The van der Waals surface area contributed by atoms with E-state index in [-0.39, 0.29) is 5.78 Å². The quantitative estimate of drug-likeness (QED) is 0.0402. The van der Waals surface area contributed by atoms with Crippen LogP contribution in [0.4, 0.5) is 105 Å². The van der Waals surface area contributed by atoms with Crippen LogP contribution in [0.1, 0.15) is 93.2 Å². The van der Waals surface area contributed by atoms with Gasteiger partial charge in [0.05, 0.1) is 50.7 Å². The highest BCUT2D eigenvalue weighted by atomic mass is 19.4. The molecule has 1 aromatic heterocycles. The first-order valence-corrected chi connectivity index (χ1v) is 22.3. The highest BCUT2D eigenvalue weighted by Crippen LogP contribution is 2.41. The van der Waals surface area contributed by atoms with Crippen LogP contribution in [0.3, 0.4) is 0 Å². The lowest BCUT2D eigenvalue weighted by atomic mass is 9.12. The molecule has 0 unspecified atom stereocenters. The van der Waals surface area contributed by atoms with E-state index in [9.17, 15) is 110 Å². The topological polar surface area (TPSA) is 33.8 Å². The molecule has 6 aromatic rings. The molecule has 0 bridgehead atoms. The number of halogens is 24. The first-order chi connectivity index (χ1) is 35.6. The predicted octanol–water partition coefficient (Wildman–Crippen LogP) is 14.6. The van der Waals surface area contributed by atoms with Gasteiger partial charge in [0.1, 0.15) is 11.8 Å². The molecule has 1 heterocycles. The van der Waals surface area contributed by atoms with Gasteiger partial charge in [0.15, 0.2) is 12.4 Å². The van der Waals surface area contributed by atoms with Gasteiger partial charge in [-0.25, -0.2) is 4.98 Å². The molecular formula is C50H35BF24N2O. The number of unbranched alkanes of at least 4 members (excludes halogenated alkanes) is 3. The summed E-state index contributed by atoms with van der Waals surface area (Å²) in [7, 11) is 0. The van der Waals surface area contributed by atoms with Crippen LogP contribution in [0, 0.1) is 0 Å². The maximum absolute atomic E-state index is 14.2. The fourth-order valence-electron chi connectivity index (χ4n) is 8.39. The number of Topliss-reactive ketones (excluding diaryl/α,β-unsaturated/α-hetero) is 1. The zero-order chi connectivity index (χ0) is 58.8. The first kappa shape index (κ1) is 62.1. The van der Waals surface area contributed by atoms with Crippen LogP contribution in [0.2, 0.25) is 0 Å². The Hall–Kier alpha value is -6.77. The number of hydrogen-bond acceptors (Lipinski definition) is 2. The van der Waals surface area contributed by atoms with Crippen LogP contribution in [0.25, 0.3) is 0 Å². The summed E-state index contributed by atoms with van der Waals surface area (Å²) in [6.45, 7) is 2.58. The van der Waals surface area contributed by atoms with Gasteiger partial charge in [0.25, 0.3) is 0 Å². The summed E-state index contributed by atoms with van der Waals surface area (Å²) in [5.74, 6) is 0.128. The first-order valence-electron chi connectivity index (χ1n) is 22.3. The lowest BCUT2D eigenvalue weighted by Crippen LogP contribution is -2.75. The van der Waals surface area contributed by atoms with Crippen LogP contribution in [-0.2, 0) is 62.4 Å². The molecule has 0 fully saturated rings. The average Bonchev–Trinajstić information content (AvgIpc) is 3.31. The second-order valence-corrected chi connectivity index (χ2v) is 17.5. The number of alkyl halides is 24. The Morgan fingerprint density at radius 2 is 0.718 bits per heavy atom. The smallest absolute Gasteiger partial charge is 0.287 e. The number of nitrogens with zero attached hydrogens (tertiary/aromatic N) is 2. The van der Waals surface area contributed by atoms with Gasteiger partial charge in [-0.15, -0.1) is 0 Å². The van der Waals surface area contributed by atoms with Crippen molar-refractivity contribution in [1.82, 2.24) is 4.98 Å². The lowest BCUT2D eigenvalue weighted by Gasteiger charge is -2.46. The highest BCUT2D eigenvalue weighted by molar-refractivity contribution is 7.20. The Kier molecular flexibility index (Phi) is 17.9. The summed E-state index contributed by atoms with van der Waals surface area (Å²) >= 11 is 0. The van der Waals surface area contributed by atoms with Crippen molar-refractivity contribution in [2.75, 3.05) is 0 Å². The van der Waals surface area contributed by atoms with Crippen molar-refractivity contribution >= 4 is 33.8 Å². The minimum absolute atomic E-state index is 0.128. The monoisotopic (exact) mass is 1150 g/mol. The van der Waals surface area contributed by atoms with E-state index in [0.29, 0.717) is 6.54 Å². The fourth-order valence-corrected chi connectivity index (χ4v) is 8.39. The summed E-state index contributed by atoms with van der Waals surface area (Å²) < 4.78 is 343. The third-order valence-electron chi connectivity index (χ3n) is 12.0. The van der Waals surface area contributed by atoms with Gasteiger partial charge in [0, 0.05) is 5.56 Å². The van der Waals surface area contributed by atoms with E-state index in [0.717, 1.165) is 24.1 Å². The van der Waals surface area contributed by atoms with Crippen LogP contribution in [0.15, 0.2) is 122 Å². The largest absolute Gasteiger partial charge is 0.416 e. The Labute approximate surface area is 425 Å². The second kappa shape index (κ2) is 22.5. The Bertz CT molecular complexity index is 2620. The molecule has 0 spiro atoms. The molecule has 0 aliphatic carbocycles. The summed E-state index contributed by atoms with van der Waals surface area (Å²) in [5.41, 5.74) is -28.4. The number of aromatic nitrogens is 2. The molecule has 6 rings (SSSR count). The SMILES string of the molecule is CCCCCCc1c[n+](CC(=O)c2ccccc2)ccn1.FC(F)(F)c1cc([B-](c2cc(C(F)(F)F)cc(C(F)(F)F)c2)(c2cc(C(F)(F)F)cc(C(F)(F)F)c2)c2cc(C(F)(F)F)cc(C(F)(F)F)c2)cc(C(F)(F)F)c1. The second-order valence-electron chi connectivity index (χ2n) is 17.5. The number of ketones is 1. The normalized spacial score (nSPS) is 13.3. The number of aryl methyl sites for hydroxylation is 1. The van der Waals surface area contributed by atoms with Gasteiger partial charge < -0.3 is 0 Å². The summed E-state index contributed by atoms with van der Waals surface area (Å²) in [6.07, 6.45) is -43.3. The van der Waals surface area contributed by atoms with Crippen molar-refractivity contribution in [2.45, 2.75) is 95.0 Å². The minimum atomic E-state index is -6.13. The number of benzene rings is 5. The number of carbonyl (C=O) groups is 1. The zero-order valence-electron chi connectivity index (χ0n) is 39.2. The molecule has 0 N–H and O–H groups in total. The summed E-state index contributed by atoms with van der Waals surface area (Å²) in [5, 5.41) is 0. The van der Waals surface area contributed by atoms with Crippen LogP contribution in [-0.4, -0.2) is 16.9 Å². The summed E-state index contributed by atoms with van der Waals surface area (Å²) in [6, 6.07) is 0.610. The Morgan fingerprint density at radius 1 is 0.423 bits per heavy atom. The number of hydrogen-bond donors (Lipinski definition) is 0. The maximum atomic E-state index is 14.2. The van der Waals surface area contributed by atoms with Crippen molar-refractivity contribution in [3.63, 3.8) is 0 Å². The van der Waals surface area contributed by atoms with E-state index >= 15 is 0 Å². The fraction of sp³-hybridized carbons (Fsp3) is 0.300. The van der Waals surface area contributed by atoms with E-state index < -0.39 is 195 Å². The molecule has 0 saturated heterocycles. The highest BCUT2D eigenvalue weighted by Gasteiger charge is 2.47. The number of rotatable bonds is 12. The molecule has 3 nitrogen and oxygen atoms in total. The van der Waals surface area contributed by atoms with Crippen molar-refractivity contribution < 1.29 is 115 Å². The molecule has 0 radical (unpaired) electrons. The maximum Gasteiger partial charge on any atom is 0.416 e. The Morgan fingerprint density at radius 3 is 0.987 bits per heavy atom.